The Labute approximate surface area is 138 Å². The minimum atomic E-state index is -0.252. The molecule has 2 aliphatic carbocycles. The molecule has 3 aliphatic rings. The van der Waals surface area contributed by atoms with Crippen LogP contribution in [-0.2, 0) is 16.6 Å². The standard InChI is InChI=1S/C19H27N3O/c1-21-10-12-22(13-11-21)17(23)19(8-9-19)16-5-3-2-4-15(16)14-18(20)6-7-18/h2-5H,6-14,20H2,1H3. The van der Waals surface area contributed by atoms with Crippen LogP contribution >= 0.6 is 0 Å². The van der Waals surface area contributed by atoms with Crippen LogP contribution in [-0.4, -0.2) is 54.5 Å². The Morgan fingerprint density at radius 1 is 1.09 bits per heavy atom. The van der Waals surface area contributed by atoms with Crippen molar-refractivity contribution in [2.24, 2.45) is 5.73 Å². The number of likely N-dealkylation sites (N-methyl/N-ethyl adjacent to an activating group) is 1. The highest BCUT2D eigenvalue weighted by Crippen LogP contribution is 2.52. The normalized spacial score (nSPS) is 25.2. The number of nitrogens with zero attached hydrogens (tertiary/aromatic N) is 2. The summed E-state index contributed by atoms with van der Waals surface area (Å²) in [5.74, 6) is 0.347. The highest BCUT2D eigenvalue weighted by molar-refractivity contribution is 5.92. The van der Waals surface area contributed by atoms with Crippen molar-refractivity contribution in [3.05, 3.63) is 35.4 Å². The van der Waals surface area contributed by atoms with Crippen LogP contribution in [0.15, 0.2) is 24.3 Å². The largest absolute Gasteiger partial charge is 0.339 e. The highest BCUT2D eigenvalue weighted by Gasteiger charge is 2.54. The lowest BCUT2D eigenvalue weighted by Crippen LogP contribution is -2.50. The van der Waals surface area contributed by atoms with Gasteiger partial charge in [0, 0.05) is 31.7 Å². The summed E-state index contributed by atoms with van der Waals surface area (Å²) in [6.45, 7) is 3.69. The zero-order chi connectivity index (χ0) is 16.1. The minimum Gasteiger partial charge on any atom is -0.339 e. The molecule has 0 atom stereocenters. The van der Waals surface area contributed by atoms with Crippen LogP contribution in [0.5, 0.6) is 0 Å². The average molecular weight is 313 g/mol. The van der Waals surface area contributed by atoms with Crippen molar-refractivity contribution in [1.29, 1.82) is 0 Å². The van der Waals surface area contributed by atoms with Gasteiger partial charge >= 0.3 is 0 Å². The first-order valence-corrected chi connectivity index (χ1v) is 8.88. The van der Waals surface area contributed by atoms with Gasteiger partial charge in [-0.05, 0) is 50.3 Å². The number of carbonyl (C=O) groups is 1. The predicted molar refractivity (Wildman–Crippen MR) is 91.3 cm³/mol. The fraction of sp³-hybridized carbons (Fsp3) is 0.632. The van der Waals surface area contributed by atoms with E-state index in [1.165, 1.54) is 11.1 Å². The van der Waals surface area contributed by atoms with E-state index in [0.29, 0.717) is 5.91 Å². The zero-order valence-corrected chi connectivity index (χ0v) is 14.1. The van der Waals surface area contributed by atoms with Crippen molar-refractivity contribution in [2.75, 3.05) is 33.2 Å². The first-order chi connectivity index (χ1) is 11.0. The van der Waals surface area contributed by atoms with Crippen LogP contribution in [0.4, 0.5) is 0 Å². The molecule has 1 heterocycles. The van der Waals surface area contributed by atoms with Crippen LogP contribution in [0.2, 0.25) is 0 Å². The monoisotopic (exact) mass is 313 g/mol. The first kappa shape index (κ1) is 15.2. The number of carbonyl (C=O) groups excluding carboxylic acids is 1. The van der Waals surface area contributed by atoms with Gasteiger partial charge in [-0.15, -0.1) is 0 Å². The van der Waals surface area contributed by atoms with E-state index in [1.807, 2.05) is 0 Å². The maximum absolute atomic E-state index is 13.2. The van der Waals surface area contributed by atoms with Gasteiger partial charge in [0.2, 0.25) is 5.91 Å². The molecule has 124 valence electrons. The summed E-state index contributed by atoms with van der Waals surface area (Å²) in [6, 6.07) is 8.51. The van der Waals surface area contributed by atoms with Crippen LogP contribution in [0, 0.1) is 0 Å². The van der Waals surface area contributed by atoms with Crippen molar-refractivity contribution >= 4 is 5.91 Å². The van der Waals surface area contributed by atoms with Gasteiger partial charge in [-0.2, -0.15) is 0 Å². The second-order valence-electron chi connectivity index (χ2n) is 7.87. The third kappa shape index (κ3) is 2.79. The van der Waals surface area contributed by atoms with Gasteiger partial charge in [-0.25, -0.2) is 0 Å². The van der Waals surface area contributed by atoms with Crippen molar-refractivity contribution in [3.8, 4) is 0 Å². The van der Waals surface area contributed by atoms with E-state index in [0.717, 1.165) is 58.3 Å². The van der Waals surface area contributed by atoms with E-state index >= 15 is 0 Å². The van der Waals surface area contributed by atoms with E-state index in [9.17, 15) is 4.79 Å². The molecule has 4 rings (SSSR count). The number of hydrogen-bond donors (Lipinski definition) is 1. The van der Waals surface area contributed by atoms with Gasteiger partial charge < -0.3 is 15.5 Å². The summed E-state index contributed by atoms with van der Waals surface area (Å²) < 4.78 is 0. The van der Waals surface area contributed by atoms with Crippen LogP contribution in [0.3, 0.4) is 0 Å². The van der Waals surface area contributed by atoms with Crippen molar-refractivity contribution < 1.29 is 4.79 Å². The highest BCUT2D eigenvalue weighted by atomic mass is 16.2. The Morgan fingerprint density at radius 3 is 2.35 bits per heavy atom. The van der Waals surface area contributed by atoms with Crippen LogP contribution < -0.4 is 5.73 Å². The van der Waals surface area contributed by atoms with Gasteiger partial charge in [0.05, 0.1) is 5.41 Å². The topological polar surface area (TPSA) is 49.6 Å². The third-order valence-electron chi connectivity index (χ3n) is 5.92. The maximum atomic E-state index is 13.2. The molecule has 1 saturated heterocycles. The number of hydrogen-bond acceptors (Lipinski definition) is 3. The summed E-state index contributed by atoms with van der Waals surface area (Å²) in [7, 11) is 2.13. The molecular formula is C19H27N3O. The van der Waals surface area contributed by atoms with E-state index in [4.69, 9.17) is 5.73 Å². The second-order valence-corrected chi connectivity index (χ2v) is 7.87. The summed E-state index contributed by atoms with van der Waals surface area (Å²) in [6.07, 6.45) is 5.13. The minimum absolute atomic E-state index is 0.0108. The molecule has 0 spiro atoms. The number of rotatable bonds is 4. The fourth-order valence-corrected chi connectivity index (χ4v) is 3.89. The fourth-order valence-electron chi connectivity index (χ4n) is 3.89. The molecule has 1 aromatic rings. The molecular weight excluding hydrogens is 286 g/mol. The Balaban J connectivity index is 1.58. The SMILES string of the molecule is CN1CCN(C(=O)C2(c3ccccc3CC3(N)CC3)CC2)CC1. The number of benzene rings is 1. The predicted octanol–water partition coefficient (Wildman–Crippen LogP) is 1.53. The Hall–Kier alpha value is -1.39. The quantitative estimate of drug-likeness (QED) is 0.917. The second kappa shape index (κ2) is 5.32. The molecule has 4 heteroatoms. The van der Waals surface area contributed by atoms with Crippen molar-refractivity contribution in [2.45, 2.75) is 43.1 Å². The van der Waals surface area contributed by atoms with Gasteiger partial charge in [-0.3, -0.25) is 4.79 Å². The number of nitrogens with two attached hydrogens (primary N) is 1. The summed E-state index contributed by atoms with van der Waals surface area (Å²) in [4.78, 5) is 17.6. The lowest BCUT2D eigenvalue weighted by Gasteiger charge is -2.35. The lowest BCUT2D eigenvalue weighted by atomic mass is 9.87. The maximum Gasteiger partial charge on any atom is 0.233 e. The molecule has 1 aromatic carbocycles. The molecule has 23 heavy (non-hydrogen) atoms. The number of piperazine rings is 1. The van der Waals surface area contributed by atoms with Gasteiger partial charge in [0.25, 0.3) is 0 Å². The van der Waals surface area contributed by atoms with E-state index in [1.54, 1.807) is 0 Å². The first-order valence-electron chi connectivity index (χ1n) is 8.88. The molecule has 0 unspecified atom stereocenters. The molecule has 0 bridgehead atoms. The Morgan fingerprint density at radius 2 is 1.74 bits per heavy atom. The van der Waals surface area contributed by atoms with Gasteiger partial charge in [0.1, 0.15) is 0 Å². The molecule has 0 radical (unpaired) electrons. The molecule has 3 fully saturated rings. The van der Waals surface area contributed by atoms with E-state index < -0.39 is 0 Å². The molecule has 1 aliphatic heterocycles. The Bertz CT molecular complexity index is 611. The zero-order valence-electron chi connectivity index (χ0n) is 14.1. The van der Waals surface area contributed by atoms with Crippen molar-refractivity contribution in [3.63, 3.8) is 0 Å². The average Bonchev–Trinajstić information content (AvgIpc) is 3.46. The summed E-state index contributed by atoms with van der Waals surface area (Å²) in [5.41, 5.74) is 8.63. The van der Waals surface area contributed by atoms with Gasteiger partial charge in [0.15, 0.2) is 0 Å². The number of amides is 1. The molecule has 1 amide bonds. The van der Waals surface area contributed by atoms with E-state index in [-0.39, 0.29) is 11.0 Å². The molecule has 2 N–H and O–H groups in total. The molecule has 0 aromatic heterocycles. The molecule has 4 nitrogen and oxygen atoms in total. The van der Waals surface area contributed by atoms with Crippen molar-refractivity contribution in [1.82, 2.24) is 9.80 Å². The van der Waals surface area contributed by atoms with E-state index in [2.05, 4.69) is 41.1 Å². The van der Waals surface area contributed by atoms with Gasteiger partial charge in [-0.1, -0.05) is 24.3 Å². The summed E-state index contributed by atoms with van der Waals surface area (Å²) in [5, 5.41) is 0. The van der Waals surface area contributed by atoms with Crippen LogP contribution in [0.25, 0.3) is 0 Å². The molecule has 2 saturated carbocycles. The smallest absolute Gasteiger partial charge is 0.233 e. The Kier molecular flexibility index (Phi) is 3.50. The third-order valence-corrected chi connectivity index (χ3v) is 5.92. The van der Waals surface area contributed by atoms with Crippen LogP contribution in [0.1, 0.15) is 36.8 Å². The summed E-state index contributed by atoms with van der Waals surface area (Å²) >= 11 is 0. The lowest BCUT2D eigenvalue weighted by molar-refractivity contribution is -0.135.